The van der Waals surface area contributed by atoms with Crippen molar-refractivity contribution >= 4 is 5.69 Å². The molecular weight excluding hydrogens is 224 g/mol. The molecule has 0 atom stereocenters. The number of hydrogen-bond acceptors (Lipinski definition) is 2. The van der Waals surface area contributed by atoms with Crippen molar-refractivity contribution < 1.29 is 8.78 Å². The first kappa shape index (κ1) is 11.6. The largest absolute Gasteiger partial charge is 0.385 e. The third kappa shape index (κ3) is 3.27. The lowest BCUT2D eigenvalue weighted by atomic mass is 10.3. The summed E-state index contributed by atoms with van der Waals surface area (Å²) in [5.74, 6) is -1.65. The standard InChI is InChI=1S/C12H13F2N3/c13-11-3-2-10(8-12(11)14)16-4-1-6-17-7-5-15-9-17/h2-3,5,7-9,16H,1,4,6H2. The van der Waals surface area contributed by atoms with Crippen molar-refractivity contribution in [3.05, 3.63) is 48.6 Å². The second kappa shape index (κ2) is 5.43. The number of rotatable bonds is 5. The average Bonchev–Trinajstić information content (AvgIpc) is 2.82. The van der Waals surface area contributed by atoms with E-state index in [-0.39, 0.29) is 0 Å². The highest BCUT2D eigenvalue weighted by molar-refractivity contribution is 5.43. The minimum Gasteiger partial charge on any atom is -0.385 e. The fourth-order valence-electron chi connectivity index (χ4n) is 1.52. The zero-order chi connectivity index (χ0) is 12.1. The molecule has 1 N–H and O–H groups in total. The minimum atomic E-state index is -0.829. The van der Waals surface area contributed by atoms with Gasteiger partial charge in [0.2, 0.25) is 0 Å². The van der Waals surface area contributed by atoms with Gasteiger partial charge in [0.15, 0.2) is 11.6 Å². The van der Waals surface area contributed by atoms with Gasteiger partial charge in [-0.1, -0.05) is 0 Å². The maximum atomic E-state index is 12.9. The fourth-order valence-corrected chi connectivity index (χ4v) is 1.52. The van der Waals surface area contributed by atoms with Crippen molar-refractivity contribution in [2.24, 2.45) is 0 Å². The molecule has 0 fully saturated rings. The summed E-state index contributed by atoms with van der Waals surface area (Å²) < 4.78 is 27.5. The molecule has 2 aromatic rings. The van der Waals surface area contributed by atoms with E-state index in [1.165, 1.54) is 6.07 Å². The van der Waals surface area contributed by atoms with Gasteiger partial charge in [0.1, 0.15) is 0 Å². The van der Waals surface area contributed by atoms with E-state index in [0.717, 1.165) is 25.1 Å². The van der Waals surface area contributed by atoms with Crippen LogP contribution in [0, 0.1) is 11.6 Å². The molecule has 0 aliphatic carbocycles. The molecule has 0 aliphatic rings. The van der Waals surface area contributed by atoms with Crippen LogP contribution in [0.1, 0.15) is 6.42 Å². The first-order valence-corrected chi connectivity index (χ1v) is 5.40. The highest BCUT2D eigenvalue weighted by Gasteiger charge is 2.01. The number of benzene rings is 1. The zero-order valence-electron chi connectivity index (χ0n) is 9.24. The Kier molecular flexibility index (Phi) is 3.69. The molecule has 0 bridgehead atoms. The molecule has 0 unspecified atom stereocenters. The smallest absolute Gasteiger partial charge is 0.160 e. The Balaban J connectivity index is 1.76. The molecule has 17 heavy (non-hydrogen) atoms. The van der Waals surface area contributed by atoms with Crippen LogP contribution in [0.25, 0.3) is 0 Å². The predicted octanol–water partition coefficient (Wildman–Crippen LogP) is 2.66. The molecule has 0 radical (unpaired) electrons. The highest BCUT2D eigenvalue weighted by atomic mass is 19.2. The molecule has 0 aliphatic heterocycles. The first-order chi connectivity index (χ1) is 8.25. The molecule has 2 rings (SSSR count). The Hall–Kier alpha value is -1.91. The molecular formula is C12H13F2N3. The van der Waals surface area contributed by atoms with Gasteiger partial charge in [-0.2, -0.15) is 0 Å². The first-order valence-electron chi connectivity index (χ1n) is 5.40. The van der Waals surface area contributed by atoms with Crippen molar-refractivity contribution in [1.82, 2.24) is 9.55 Å². The quantitative estimate of drug-likeness (QED) is 0.810. The Morgan fingerprint density at radius 2 is 2.12 bits per heavy atom. The van der Waals surface area contributed by atoms with E-state index in [1.807, 2.05) is 10.8 Å². The van der Waals surface area contributed by atoms with Gasteiger partial charge in [-0.25, -0.2) is 13.8 Å². The van der Waals surface area contributed by atoms with Crippen LogP contribution >= 0.6 is 0 Å². The van der Waals surface area contributed by atoms with Crippen LogP contribution in [-0.4, -0.2) is 16.1 Å². The molecule has 1 heterocycles. The summed E-state index contributed by atoms with van der Waals surface area (Å²) in [4.78, 5) is 3.93. The van der Waals surface area contributed by atoms with Gasteiger partial charge in [0.25, 0.3) is 0 Å². The number of nitrogens with zero attached hydrogens (tertiary/aromatic N) is 2. The molecule has 5 heteroatoms. The number of halogens is 2. The van der Waals surface area contributed by atoms with Gasteiger partial charge in [0.05, 0.1) is 6.33 Å². The molecule has 90 valence electrons. The third-order valence-corrected chi connectivity index (χ3v) is 2.40. The second-order valence-corrected chi connectivity index (χ2v) is 3.71. The van der Waals surface area contributed by atoms with Crippen molar-refractivity contribution in [3.8, 4) is 0 Å². The molecule has 1 aromatic heterocycles. The van der Waals surface area contributed by atoms with Crippen LogP contribution in [-0.2, 0) is 6.54 Å². The molecule has 3 nitrogen and oxygen atoms in total. The van der Waals surface area contributed by atoms with E-state index in [1.54, 1.807) is 12.5 Å². The summed E-state index contributed by atoms with van der Waals surface area (Å²) in [5, 5.41) is 3.03. The predicted molar refractivity (Wildman–Crippen MR) is 61.7 cm³/mol. The summed E-state index contributed by atoms with van der Waals surface area (Å²) in [6.45, 7) is 1.54. The van der Waals surface area contributed by atoms with E-state index in [2.05, 4.69) is 10.3 Å². The number of aromatic nitrogens is 2. The zero-order valence-corrected chi connectivity index (χ0v) is 9.24. The maximum Gasteiger partial charge on any atom is 0.160 e. The molecule has 1 aromatic carbocycles. The Labute approximate surface area is 98.1 Å². The normalized spacial score (nSPS) is 10.5. The van der Waals surface area contributed by atoms with E-state index in [0.29, 0.717) is 12.2 Å². The second-order valence-electron chi connectivity index (χ2n) is 3.71. The molecule has 0 spiro atoms. The van der Waals surface area contributed by atoms with Gasteiger partial charge >= 0.3 is 0 Å². The Morgan fingerprint density at radius 3 is 2.82 bits per heavy atom. The van der Waals surface area contributed by atoms with Crippen molar-refractivity contribution in [3.63, 3.8) is 0 Å². The minimum absolute atomic E-state index is 0.592. The number of nitrogens with one attached hydrogen (secondary N) is 1. The monoisotopic (exact) mass is 237 g/mol. The van der Waals surface area contributed by atoms with Gasteiger partial charge in [0, 0.05) is 31.2 Å². The van der Waals surface area contributed by atoms with Crippen LogP contribution in [0.5, 0.6) is 0 Å². The van der Waals surface area contributed by atoms with E-state index < -0.39 is 11.6 Å². The average molecular weight is 237 g/mol. The topological polar surface area (TPSA) is 29.9 Å². The molecule has 0 amide bonds. The van der Waals surface area contributed by atoms with Crippen LogP contribution in [0.3, 0.4) is 0 Å². The lowest BCUT2D eigenvalue weighted by Gasteiger charge is -2.07. The summed E-state index contributed by atoms with van der Waals surface area (Å²) in [6, 6.07) is 3.80. The van der Waals surface area contributed by atoms with Crippen LogP contribution in [0.15, 0.2) is 36.9 Å². The number of aryl methyl sites for hydroxylation is 1. The van der Waals surface area contributed by atoms with E-state index in [4.69, 9.17) is 0 Å². The number of hydrogen-bond donors (Lipinski definition) is 1. The van der Waals surface area contributed by atoms with Gasteiger partial charge in [-0.3, -0.25) is 0 Å². The van der Waals surface area contributed by atoms with Crippen molar-refractivity contribution in [2.75, 3.05) is 11.9 Å². The van der Waals surface area contributed by atoms with E-state index >= 15 is 0 Å². The third-order valence-electron chi connectivity index (χ3n) is 2.40. The van der Waals surface area contributed by atoms with E-state index in [9.17, 15) is 8.78 Å². The number of imidazole rings is 1. The summed E-state index contributed by atoms with van der Waals surface area (Å²) in [5.41, 5.74) is 0.592. The Bertz CT molecular complexity index is 469. The lowest BCUT2D eigenvalue weighted by Crippen LogP contribution is -2.06. The summed E-state index contributed by atoms with van der Waals surface area (Å²) >= 11 is 0. The van der Waals surface area contributed by atoms with Crippen LogP contribution in [0.2, 0.25) is 0 Å². The van der Waals surface area contributed by atoms with Gasteiger partial charge in [-0.05, 0) is 24.6 Å². The Morgan fingerprint density at radius 1 is 1.24 bits per heavy atom. The molecule has 0 saturated carbocycles. The number of anilines is 1. The fraction of sp³-hybridized carbons (Fsp3) is 0.250. The molecule has 0 saturated heterocycles. The maximum absolute atomic E-state index is 12.9. The SMILES string of the molecule is Fc1ccc(NCCCn2ccnc2)cc1F. The highest BCUT2D eigenvalue weighted by Crippen LogP contribution is 2.12. The lowest BCUT2D eigenvalue weighted by molar-refractivity contribution is 0.509. The van der Waals surface area contributed by atoms with Gasteiger partial charge in [-0.15, -0.1) is 0 Å². The van der Waals surface area contributed by atoms with Crippen molar-refractivity contribution in [1.29, 1.82) is 0 Å². The summed E-state index contributed by atoms with van der Waals surface area (Å²) in [6.07, 6.45) is 6.24. The summed E-state index contributed by atoms with van der Waals surface area (Å²) in [7, 11) is 0. The van der Waals surface area contributed by atoms with Crippen LogP contribution < -0.4 is 5.32 Å². The van der Waals surface area contributed by atoms with Crippen LogP contribution in [0.4, 0.5) is 14.5 Å². The van der Waals surface area contributed by atoms with Crippen molar-refractivity contribution in [2.45, 2.75) is 13.0 Å². The van der Waals surface area contributed by atoms with Gasteiger partial charge < -0.3 is 9.88 Å².